The molecule has 4 rings (SSSR count). The van der Waals surface area contributed by atoms with E-state index in [-0.39, 0.29) is 17.0 Å². The van der Waals surface area contributed by atoms with Gasteiger partial charge in [0.05, 0.1) is 11.1 Å². The maximum Gasteiger partial charge on any atom is 0.344 e. The zero-order chi connectivity index (χ0) is 21.3. The highest BCUT2D eigenvalue weighted by Crippen LogP contribution is 2.29. The number of esters is 1. The van der Waals surface area contributed by atoms with E-state index in [1.54, 1.807) is 12.1 Å². The molecule has 0 bridgehead atoms. The first kappa shape index (κ1) is 19.5. The lowest BCUT2D eigenvalue weighted by atomic mass is 9.99. The predicted octanol–water partition coefficient (Wildman–Crippen LogP) is 3.39. The molecule has 0 aliphatic rings. The minimum Gasteiger partial charge on any atom is -0.595 e. The van der Waals surface area contributed by atoms with Crippen LogP contribution in [0, 0.1) is 12.1 Å². The molecule has 7 heteroatoms. The van der Waals surface area contributed by atoms with Crippen molar-refractivity contribution in [2.45, 2.75) is 6.92 Å². The standard InChI is InChI=1S/C23H17NO6/c1-14-19-13-18(29-22(25)16-8-5-9-17(12-16)24(27)28)10-11-20(19)30-23(26)21(14)15-6-3-2-4-7-15/h2-13,24,27H,1H3. The van der Waals surface area contributed by atoms with Crippen LogP contribution in [-0.4, -0.2) is 11.2 Å². The summed E-state index contributed by atoms with van der Waals surface area (Å²) >= 11 is 0. The molecule has 0 aliphatic heterocycles. The maximum absolute atomic E-state index is 12.5. The van der Waals surface area contributed by atoms with E-state index in [1.807, 2.05) is 37.3 Å². The van der Waals surface area contributed by atoms with Crippen molar-refractivity contribution in [1.29, 1.82) is 0 Å². The third kappa shape index (κ3) is 3.72. The second kappa shape index (κ2) is 7.92. The molecule has 0 saturated carbocycles. The molecule has 2 N–H and O–H groups in total. The summed E-state index contributed by atoms with van der Waals surface area (Å²) in [7, 11) is 0. The number of carbonyl (C=O) groups excluding carboxylic acids is 1. The molecule has 7 nitrogen and oxygen atoms in total. The predicted molar refractivity (Wildman–Crippen MR) is 110 cm³/mol. The second-order valence-electron chi connectivity index (χ2n) is 6.69. The van der Waals surface area contributed by atoms with Gasteiger partial charge in [-0.2, -0.15) is 5.23 Å². The van der Waals surface area contributed by atoms with Crippen molar-refractivity contribution < 1.29 is 24.4 Å². The summed E-state index contributed by atoms with van der Waals surface area (Å²) in [5, 5.41) is 19.7. The molecule has 0 fully saturated rings. The Morgan fingerprint density at radius 1 is 1.03 bits per heavy atom. The number of benzene rings is 3. The van der Waals surface area contributed by atoms with Crippen LogP contribution in [0.15, 0.2) is 82.0 Å². The number of ether oxygens (including phenoxy) is 1. The smallest absolute Gasteiger partial charge is 0.344 e. The van der Waals surface area contributed by atoms with Gasteiger partial charge in [-0.1, -0.05) is 36.4 Å². The summed E-state index contributed by atoms with van der Waals surface area (Å²) in [5.41, 5.74) is 1.94. The van der Waals surface area contributed by atoms with Gasteiger partial charge in [0.15, 0.2) is 5.69 Å². The number of quaternary nitrogens is 1. The van der Waals surface area contributed by atoms with E-state index in [2.05, 4.69) is 0 Å². The van der Waals surface area contributed by atoms with Crippen LogP contribution < -0.4 is 15.6 Å². The molecule has 0 radical (unpaired) electrons. The van der Waals surface area contributed by atoms with E-state index >= 15 is 0 Å². The number of carbonyl (C=O) groups is 1. The third-order valence-corrected chi connectivity index (χ3v) is 4.76. The number of fused-ring (bicyclic) bond motifs is 1. The number of hydrogen-bond donors (Lipinski definition) is 2. The van der Waals surface area contributed by atoms with Crippen molar-refractivity contribution >= 4 is 22.6 Å². The second-order valence-corrected chi connectivity index (χ2v) is 6.69. The first-order valence-electron chi connectivity index (χ1n) is 9.12. The Morgan fingerprint density at radius 3 is 2.53 bits per heavy atom. The molecule has 1 aromatic heterocycles. The molecule has 150 valence electrons. The molecule has 0 aliphatic carbocycles. The molecule has 4 aromatic rings. The first-order valence-corrected chi connectivity index (χ1v) is 9.12. The fourth-order valence-corrected chi connectivity index (χ4v) is 3.28. The average molecular weight is 403 g/mol. The highest BCUT2D eigenvalue weighted by Gasteiger charge is 2.16. The Bertz CT molecular complexity index is 1290. The number of rotatable bonds is 4. The summed E-state index contributed by atoms with van der Waals surface area (Å²) in [5.74, 6) is -0.431. The van der Waals surface area contributed by atoms with Crippen LogP contribution in [0.5, 0.6) is 5.75 Å². The summed E-state index contributed by atoms with van der Waals surface area (Å²) in [4.78, 5) is 25.0. The van der Waals surface area contributed by atoms with Gasteiger partial charge in [0.25, 0.3) is 0 Å². The molecule has 1 heterocycles. The van der Waals surface area contributed by atoms with Gasteiger partial charge in [-0.15, -0.1) is 0 Å². The molecule has 0 spiro atoms. The third-order valence-electron chi connectivity index (χ3n) is 4.76. The zero-order valence-corrected chi connectivity index (χ0v) is 15.9. The van der Waals surface area contributed by atoms with Crippen LogP contribution in [0.4, 0.5) is 5.69 Å². The van der Waals surface area contributed by atoms with Gasteiger partial charge >= 0.3 is 11.6 Å². The van der Waals surface area contributed by atoms with Crippen LogP contribution in [-0.2, 0) is 0 Å². The Hall–Kier alpha value is -3.78. The maximum atomic E-state index is 12.5. The minimum absolute atomic E-state index is 0.00640. The minimum atomic E-state index is -1.13. The largest absolute Gasteiger partial charge is 0.595 e. The van der Waals surface area contributed by atoms with Gasteiger partial charge in [0.2, 0.25) is 0 Å². The summed E-state index contributed by atoms with van der Waals surface area (Å²) in [6.07, 6.45) is 0. The van der Waals surface area contributed by atoms with Gasteiger partial charge in [0, 0.05) is 17.5 Å². The van der Waals surface area contributed by atoms with E-state index in [1.165, 1.54) is 30.3 Å². The van der Waals surface area contributed by atoms with Crippen LogP contribution in [0.25, 0.3) is 22.1 Å². The molecular weight excluding hydrogens is 386 g/mol. The Kier molecular flexibility index (Phi) is 5.16. The van der Waals surface area contributed by atoms with Crippen molar-refractivity contribution in [1.82, 2.24) is 0 Å². The van der Waals surface area contributed by atoms with Crippen molar-refractivity contribution in [2.24, 2.45) is 0 Å². The monoisotopic (exact) mass is 403 g/mol. The van der Waals surface area contributed by atoms with Gasteiger partial charge in [-0.3, -0.25) is 0 Å². The fraction of sp³-hybridized carbons (Fsp3) is 0.0435. The SMILES string of the molecule is Cc1c(-c2ccccc2)c(=O)oc2ccc(OC(=O)c3cccc([NH+]([O-])O)c3)cc12. The van der Waals surface area contributed by atoms with Gasteiger partial charge in [-0.25, -0.2) is 14.8 Å². The van der Waals surface area contributed by atoms with Gasteiger partial charge in [-0.05, 0) is 42.3 Å². The number of nitrogens with one attached hydrogen (secondary N) is 1. The average Bonchev–Trinajstić information content (AvgIpc) is 2.75. The molecular formula is C23H17NO6. The summed E-state index contributed by atoms with van der Waals surface area (Å²) < 4.78 is 10.9. The quantitative estimate of drug-likeness (QED) is 0.234. The van der Waals surface area contributed by atoms with Crippen LogP contribution in [0.3, 0.4) is 0 Å². The fourth-order valence-electron chi connectivity index (χ4n) is 3.28. The molecule has 1 unspecified atom stereocenters. The van der Waals surface area contributed by atoms with Crippen molar-refractivity contribution in [3.63, 3.8) is 0 Å². The van der Waals surface area contributed by atoms with Gasteiger partial charge in [0.1, 0.15) is 11.3 Å². The highest BCUT2D eigenvalue weighted by molar-refractivity contribution is 5.93. The number of hydrogen-bond acceptors (Lipinski definition) is 6. The molecule has 3 aromatic carbocycles. The van der Waals surface area contributed by atoms with Crippen LogP contribution >= 0.6 is 0 Å². The molecule has 0 amide bonds. The van der Waals surface area contributed by atoms with Crippen molar-refractivity contribution in [3.05, 3.63) is 99.6 Å². The lowest BCUT2D eigenvalue weighted by molar-refractivity contribution is -0.991. The Morgan fingerprint density at radius 2 is 1.80 bits per heavy atom. The van der Waals surface area contributed by atoms with E-state index in [0.717, 1.165) is 5.56 Å². The Balaban J connectivity index is 1.72. The topological polar surface area (TPSA) is 104 Å². The lowest BCUT2D eigenvalue weighted by Crippen LogP contribution is -2.99. The van der Waals surface area contributed by atoms with E-state index in [9.17, 15) is 14.8 Å². The zero-order valence-electron chi connectivity index (χ0n) is 15.9. The Labute approximate surface area is 170 Å². The van der Waals surface area contributed by atoms with Crippen LogP contribution in [0.1, 0.15) is 15.9 Å². The molecule has 30 heavy (non-hydrogen) atoms. The summed E-state index contributed by atoms with van der Waals surface area (Å²) in [6.45, 7) is 1.81. The number of aryl methyl sites for hydroxylation is 1. The normalized spacial score (nSPS) is 12.0. The van der Waals surface area contributed by atoms with E-state index in [4.69, 9.17) is 14.4 Å². The molecule has 0 saturated heterocycles. The lowest BCUT2D eigenvalue weighted by Gasteiger charge is -2.12. The first-order chi connectivity index (χ1) is 14.4. The van der Waals surface area contributed by atoms with Crippen molar-refractivity contribution in [3.8, 4) is 16.9 Å². The van der Waals surface area contributed by atoms with E-state index in [0.29, 0.717) is 22.1 Å². The summed E-state index contributed by atoms with van der Waals surface area (Å²) in [6, 6.07) is 19.5. The molecule has 1 atom stereocenters. The van der Waals surface area contributed by atoms with E-state index < -0.39 is 16.8 Å². The highest BCUT2D eigenvalue weighted by atomic mass is 16.8. The van der Waals surface area contributed by atoms with Crippen molar-refractivity contribution in [2.75, 3.05) is 0 Å². The van der Waals surface area contributed by atoms with Crippen LogP contribution in [0.2, 0.25) is 0 Å². The van der Waals surface area contributed by atoms with Gasteiger partial charge < -0.3 is 14.4 Å².